The van der Waals surface area contributed by atoms with E-state index < -0.39 is 0 Å². The first-order valence-electron chi connectivity index (χ1n) is 5.17. The van der Waals surface area contributed by atoms with Gasteiger partial charge in [-0.1, -0.05) is 0 Å². The molecule has 0 spiro atoms. The molecule has 90 valence electrons. The van der Waals surface area contributed by atoms with Crippen molar-refractivity contribution < 1.29 is 9.50 Å². The van der Waals surface area contributed by atoms with Crippen LogP contribution in [0.15, 0.2) is 16.6 Å². The molecule has 4 N–H and O–H groups in total. The molecule has 0 bridgehead atoms. The Labute approximate surface area is 103 Å². The predicted octanol–water partition coefficient (Wildman–Crippen LogP) is 2.74. The molecule has 0 saturated heterocycles. The first-order valence-corrected chi connectivity index (χ1v) is 5.96. The maximum atomic E-state index is 13.1. The van der Waals surface area contributed by atoms with Gasteiger partial charge in [0.2, 0.25) is 0 Å². The maximum absolute atomic E-state index is 13.1. The predicted molar refractivity (Wildman–Crippen MR) is 67.9 cm³/mol. The summed E-state index contributed by atoms with van der Waals surface area (Å²) in [6, 6.07) is 2.90. The minimum absolute atomic E-state index is 0.292. The first kappa shape index (κ1) is 13.3. The average Bonchev–Trinajstić information content (AvgIpc) is 2.19. The van der Waals surface area contributed by atoms with Crippen LogP contribution in [0.1, 0.15) is 19.8 Å². The third-order valence-corrected chi connectivity index (χ3v) is 2.81. The Bertz CT molecular complexity index is 358. The Hall–Kier alpha value is -0.810. The van der Waals surface area contributed by atoms with E-state index in [4.69, 9.17) is 10.8 Å². The molecule has 0 radical (unpaired) electrons. The third-order valence-electron chi connectivity index (χ3n) is 2.21. The van der Waals surface area contributed by atoms with Gasteiger partial charge in [0.15, 0.2) is 0 Å². The molecule has 0 amide bonds. The smallest absolute Gasteiger partial charge is 0.139 e. The summed E-state index contributed by atoms with van der Waals surface area (Å²) in [5, 5.41) is 12.2. The van der Waals surface area contributed by atoms with Gasteiger partial charge in [0.25, 0.3) is 0 Å². The lowest BCUT2D eigenvalue weighted by Crippen LogP contribution is -2.08. The fraction of sp³-hybridized carbons (Fsp3) is 0.455. The highest BCUT2D eigenvalue weighted by Gasteiger charge is 2.05. The normalized spacial score (nSPS) is 12.5. The van der Waals surface area contributed by atoms with Crippen molar-refractivity contribution in [2.45, 2.75) is 25.9 Å². The van der Waals surface area contributed by atoms with Gasteiger partial charge >= 0.3 is 0 Å². The van der Waals surface area contributed by atoms with Gasteiger partial charge in [-0.15, -0.1) is 0 Å². The lowest BCUT2D eigenvalue weighted by Gasteiger charge is -2.10. The van der Waals surface area contributed by atoms with Gasteiger partial charge in [0, 0.05) is 12.6 Å². The molecule has 16 heavy (non-hydrogen) atoms. The van der Waals surface area contributed by atoms with Crippen molar-refractivity contribution in [1.29, 1.82) is 0 Å². The van der Waals surface area contributed by atoms with Crippen molar-refractivity contribution >= 4 is 27.3 Å². The van der Waals surface area contributed by atoms with Crippen LogP contribution in [0.25, 0.3) is 0 Å². The number of hydrogen-bond acceptors (Lipinski definition) is 3. The molecule has 5 heteroatoms. The fourth-order valence-corrected chi connectivity index (χ4v) is 1.68. The van der Waals surface area contributed by atoms with Crippen LogP contribution in [0.3, 0.4) is 0 Å². The molecule has 1 aromatic carbocycles. The van der Waals surface area contributed by atoms with E-state index in [2.05, 4.69) is 21.2 Å². The van der Waals surface area contributed by atoms with Gasteiger partial charge in [0.05, 0.1) is 22.0 Å². The number of benzene rings is 1. The molecule has 0 heterocycles. The number of nitrogens with two attached hydrogens (primary N) is 1. The second-order valence-electron chi connectivity index (χ2n) is 3.77. The van der Waals surface area contributed by atoms with Crippen molar-refractivity contribution in [1.82, 2.24) is 0 Å². The van der Waals surface area contributed by atoms with E-state index in [-0.39, 0.29) is 11.9 Å². The number of nitrogen functional groups attached to an aromatic ring is 1. The van der Waals surface area contributed by atoms with Crippen molar-refractivity contribution in [2.24, 2.45) is 0 Å². The van der Waals surface area contributed by atoms with E-state index in [0.29, 0.717) is 22.4 Å². The minimum Gasteiger partial charge on any atom is -0.397 e. The van der Waals surface area contributed by atoms with Crippen LogP contribution in [-0.2, 0) is 0 Å². The Balaban J connectivity index is 2.51. The van der Waals surface area contributed by atoms with Crippen LogP contribution in [0, 0.1) is 5.82 Å². The molecular formula is C11H16BrFN2O. The molecule has 1 rings (SSSR count). The second-order valence-corrected chi connectivity index (χ2v) is 4.63. The van der Waals surface area contributed by atoms with E-state index in [9.17, 15) is 4.39 Å². The zero-order valence-electron chi connectivity index (χ0n) is 9.13. The molecule has 3 nitrogen and oxygen atoms in total. The molecule has 0 aromatic heterocycles. The number of hydrogen-bond donors (Lipinski definition) is 3. The molecule has 0 aliphatic carbocycles. The molecule has 0 aliphatic heterocycles. The molecule has 0 fully saturated rings. The Morgan fingerprint density at radius 2 is 2.25 bits per heavy atom. The number of halogens is 2. The van der Waals surface area contributed by atoms with Crippen molar-refractivity contribution in [2.75, 3.05) is 17.6 Å². The van der Waals surface area contributed by atoms with Crippen LogP contribution in [0.5, 0.6) is 0 Å². The highest BCUT2D eigenvalue weighted by Crippen LogP contribution is 2.26. The zero-order valence-corrected chi connectivity index (χ0v) is 10.7. The van der Waals surface area contributed by atoms with Gasteiger partial charge in [-0.2, -0.15) is 0 Å². The van der Waals surface area contributed by atoms with Crippen molar-refractivity contribution in [3.8, 4) is 0 Å². The number of anilines is 2. The Morgan fingerprint density at radius 3 is 2.88 bits per heavy atom. The highest BCUT2D eigenvalue weighted by atomic mass is 79.9. The molecule has 1 unspecified atom stereocenters. The SMILES string of the molecule is CC(O)CCCNc1cc(Br)c(F)cc1N. The molecule has 0 saturated carbocycles. The molecule has 0 aliphatic rings. The summed E-state index contributed by atoms with van der Waals surface area (Å²) in [5.74, 6) is -0.368. The summed E-state index contributed by atoms with van der Waals surface area (Å²) in [5.41, 5.74) is 6.75. The van der Waals surface area contributed by atoms with E-state index >= 15 is 0 Å². The van der Waals surface area contributed by atoms with Crippen LogP contribution in [-0.4, -0.2) is 17.8 Å². The lowest BCUT2D eigenvalue weighted by molar-refractivity contribution is 0.183. The van der Waals surface area contributed by atoms with Gasteiger partial charge in [-0.3, -0.25) is 0 Å². The summed E-state index contributed by atoms with van der Waals surface area (Å²) in [6.07, 6.45) is 1.28. The summed E-state index contributed by atoms with van der Waals surface area (Å²) in [6.45, 7) is 2.45. The fourth-order valence-electron chi connectivity index (χ4n) is 1.34. The topological polar surface area (TPSA) is 58.3 Å². The number of aliphatic hydroxyl groups excluding tert-OH is 1. The van der Waals surface area contributed by atoms with Gasteiger partial charge in [0.1, 0.15) is 5.82 Å². The van der Waals surface area contributed by atoms with Crippen molar-refractivity contribution in [3.05, 3.63) is 22.4 Å². The van der Waals surface area contributed by atoms with Gasteiger partial charge in [-0.05, 0) is 41.8 Å². The van der Waals surface area contributed by atoms with Gasteiger partial charge in [-0.25, -0.2) is 4.39 Å². The summed E-state index contributed by atoms with van der Waals surface area (Å²) >= 11 is 3.10. The number of nitrogens with one attached hydrogen (secondary N) is 1. The Morgan fingerprint density at radius 1 is 1.56 bits per heavy atom. The van der Waals surface area contributed by atoms with E-state index in [1.54, 1.807) is 13.0 Å². The van der Waals surface area contributed by atoms with E-state index in [1.165, 1.54) is 6.07 Å². The highest BCUT2D eigenvalue weighted by molar-refractivity contribution is 9.10. The maximum Gasteiger partial charge on any atom is 0.139 e. The number of rotatable bonds is 5. The van der Waals surface area contributed by atoms with Crippen LogP contribution < -0.4 is 11.1 Å². The summed E-state index contributed by atoms with van der Waals surface area (Å²) in [7, 11) is 0. The summed E-state index contributed by atoms with van der Waals surface area (Å²) in [4.78, 5) is 0. The zero-order chi connectivity index (χ0) is 12.1. The van der Waals surface area contributed by atoms with E-state index in [0.717, 1.165) is 12.8 Å². The second kappa shape index (κ2) is 6.06. The minimum atomic E-state index is -0.368. The lowest BCUT2D eigenvalue weighted by atomic mass is 10.2. The Kier molecular flexibility index (Phi) is 5.02. The third kappa shape index (κ3) is 3.98. The first-order chi connectivity index (χ1) is 7.50. The van der Waals surface area contributed by atoms with Gasteiger partial charge < -0.3 is 16.2 Å². The quantitative estimate of drug-likeness (QED) is 0.577. The molecular weight excluding hydrogens is 275 g/mol. The monoisotopic (exact) mass is 290 g/mol. The molecule has 1 aromatic rings. The average molecular weight is 291 g/mol. The largest absolute Gasteiger partial charge is 0.397 e. The number of aliphatic hydroxyl groups is 1. The van der Waals surface area contributed by atoms with Crippen LogP contribution in [0.4, 0.5) is 15.8 Å². The van der Waals surface area contributed by atoms with Crippen molar-refractivity contribution in [3.63, 3.8) is 0 Å². The summed E-state index contributed by atoms with van der Waals surface area (Å²) < 4.78 is 13.5. The van der Waals surface area contributed by atoms with Crippen LogP contribution in [0.2, 0.25) is 0 Å². The van der Waals surface area contributed by atoms with E-state index in [1.807, 2.05) is 0 Å². The van der Waals surface area contributed by atoms with Crippen LogP contribution >= 0.6 is 15.9 Å². The standard InChI is InChI=1S/C11H16BrFN2O/c1-7(16)3-2-4-15-11-5-8(12)9(13)6-10(11)14/h5-7,15-16H,2-4,14H2,1H3. The molecule has 1 atom stereocenters.